The van der Waals surface area contributed by atoms with E-state index in [2.05, 4.69) is 37.3 Å². The SMILES string of the molecule is CCCC1(O)CCC2(Cc3c[c]ccc3)c3ccc(O)cc3CCC2C1. The third-order valence-electron chi connectivity index (χ3n) is 6.84. The summed E-state index contributed by atoms with van der Waals surface area (Å²) >= 11 is 0. The van der Waals surface area contributed by atoms with Crippen LogP contribution >= 0.6 is 0 Å². The van der Waals surface area contributed by atoms with Crippen LogP contribution < -0.4 is 0 Å². The molecular formula is C24H29O2. The molecule has 0 amide bonds. The minimum absolute atomic E-state index is 0.0659. The van der Waals surface area contributed by atoms with Crippen LogP contribution in [0.15, 0.2) is 42.5 Å². The number of phenols is 1. The van der Waals surface area contributed by atoms with Gasteiger partial charge in [-0.15, -0.1) is 0 Å². The first-order chi connectivity index (χ1) is 12.5. The number of aromatic hydroxyl groups is 1. The summed E-state index contributed by atoms with van der Waals surface area (Å²) in [6.45, 7) is 2.17. The summed E-state index contributed by atoms with van der Waals surface area (Å²) in [6.07, 6.45) is 7.81. The summed E-state index contributed by atoms with van der Waals surface area (Å²) in [5.74, 6) is 0.855. The van der Waals surface area contributed by atoms with Gasteiger partial charge in [0.15, 0.2) is 0 Å². The van der Waals surface area contributed by atoms with Crippen LogP contribution in [-0.4, -0.2) is 15.8 Å². The van der Waals surface area contributed by atoms with Gasteiger partial charge in [-0.05, 0) is 85.8 Å². The Morgan fingerprint density at radius 3 is 2.88 bits per heavy atom. The van der Waals surface area contributed by atoms with E-state index in [0.29, 0.717) is 11.7 Å². The molecule has 2 nitrogen and oxygen atoms in total. The highest BCUT2D eigenvalue weighted by molar-refractivity contribution is 5.44. The van der Waals surface area contributed by atoms with E-state index >= 15 is 0 Å². The van der Waals surface area contributed by atoms with Gasteiger partial charge in [0.1, 0.15) is 5.75 Å². The van der Waals surface area contributed by atoms with E-state index in [4.69, 9.17) is 0 Å². The molecule has 0 aliphatic heterocycles. The van der Waals surface area contributed by atoms with Crippen LogP contribution in [0.1, 0.15) is 62.1 Å². The first kappa shape index (κ1) is 17.6. The summed E-state index contributed by atoms with van der Waals surface area (Å²) in [6, 6.07) is 17.5. The molecular weight excluding hydrogens is 320 g/mol. The fourth-order valence-corrected chi connectivity index (χ4v) is 5.68. The van der Waals surface area contributed by atoms with Crippen LogP contribution in [0.4, 0.5) is 0 Å². The second-order valence-electron chi connectivity index (χ2n) is 8.50. The fraction of sp³-hybridized carbons (Fsp3) is 0.500. The summed E-state index contributed by atoms with van der Waals surface area (Å²) in [5, 5.41) is 21.1. The van der Waals surface area contributed by atoms with Gasteiger partial charge < -0.3 is 10.2 Å². The third-order valence-corrected chi connectivity index (χ3v) is 6.84. The Bertz CT molecular complexity index is 769. The summed E-state index contributed by atoms with van der Waals surface area (Å²) < 4.78 is 0. The molecule has 2 N–H and O–H groups in total. The smallest absolute Gasteiger partial charge is 0.115 e. The number of aryl methyl sites for hydroxylation is 1. The highest BCUT2D eigenvalue weighted by Gasteiger charge is 2.51. The Labute approximate surface area is 156 Å². The minimum Gasteiger partial charge on any atom is -0.508 e. The second-order valence-corrected chi connectivity index (χ2v) is 8.50. The standard InChI is InChI=1S/C24H29O2/c1-2-12-23(26)13-14-24(16-18-6-4-3-5-7-18)20(17-23)9-8-19-15-21(25)10-11-22(19)24/h3-4,6-7,10-11,15,20,25-26H,2,8-9,12-14,16-17H2,1H3. The van der Waals surface area contributed by atoms with Crippen LogP contribution in [0.2, 0.25) is 0 Å². The lowest BCUT2D eigenvalue weighted by Crippen LogP contribution is -2.51. The van der Waals surface area contributed by atoms with Gasteiger partial charge in [0.05, 0.1) is 5.60 Å². The van der Waals surface area contributed by atoms with Crippen LogP contribution in [0.5, 0.6) is 5.75 Å². The molecule has 1 radical (unpaired) electrons. The van der Waals surface area contributed by atoms with Gasteiger partial charge in [0.25, 0.3) is 0 Å². The molecule has 2 aliphatic rings. The largest absolute Gasteiger partial charge is 0.508 e. The maximum Gasteiger partial charge on any atom is 0.115 e. The third kappa shape index (κ3) is 3.05. The van der Waals surface area contributed by atoms with Crippen molar-refractivity contribution in [1.82, 2.24) is 0 Å². The molecule has 26 heavy (non-hydrogen) atoms. The minimum atomic E-state index is -0.500. The number of fused-ring (bicyclic) bond motifs is 3. The Balaban J connectivity index is 1.76. The zero-order chi connectivity index (χ0) is 18.2. The van der Waals surface area contributed by atoms with Crippen LogP contribution in [0, 0.1) is 12.0 Å². The topological polar surface area (TPSA) is 40.5 Å². The van der Waals surface area contributed by atoms with E-state index in [1.165, 1.54) is 16.7 Å². The van der Waals surface area contributed by atoms with Crippen molar-refractivity contribution in [2.24, 2.45) is 5.92 Å². The fourth-order valence-electron chi connectivity index (χ4n) is 5.68. The van der Waals surface area contributed by atoms with Crippen LogP contribution in [0.25, 0.3) is 0 Å². The Morgan fingerprint density at radius 2 is 2.12 bits per heavy atom. The quantitative estimate of drug-likeness (QED) is 0.820. The van der Waals surface area contributed by atoms with Crippen molar-refractivity contribution in [3.05, 3.63) is 65.2 Å². The predicted octanol–water partition coefficient (Wildman–Crippen LogP) is 4.95. The van der Waals surface area contributed by atoms with E-state index in [1.807, 2.05) is 18.2 Å². The highest BCUT2D eigenvalue weighted by atomic mass is 16.3. The number of aliphatic hydroxyl groups is 1. The number of hydrogen-bond acceptors (Lipinski definition) is 2. The van der Waals surface area contributed by atoms with Crippen molar-refractivity contribution >= 4 is 0 Å². The highest BCUT2D eigenvalue weighted by Crippen LogP contribution is 2.55. The molecule has 0 spiro atoms. The lowest BCUT2D eigenvalue weighted by molar-refractivity contribution is -0.0565. The van der Waals surface area contributed by atoms with E-state index in [1.54, 1.807) is 0 Å². The summed E-state index contributed by atoms with van der Waals surface area (Å²) in [5.41, 5.74) is 3.58. The molecule has 2 heteroatoms. The molecule has 1 saturated carbocycles. The molecule has 0 bridgehead atoms. The zero-order valence-electron chi connectivity index (χ0n) is 15.7. The van der Waals surface area contributed by atoms with Gasteiger partial charge in [-0.25, -0.2) is 0 Å². The van der Waals surface area contributed by atoms with Crippen molar-refractivity contribution in [3.8, 4) is 5.75 Å². The Hall–Kier alpha value is -1.80. The molecule has 0 saturated heterocycles. The number of phenolic OH excluding ortho intramolecular Hbond substituents is 1. The van der Waals surface area contributed by atoms with Gasteiger partial charge in [0, 0.05) is 5.41 Å². The molecule has 2 aromatic rings. The lowest BCUT2D eigenvalue weighted by atomic mass is 9.52. The zero-order valence-corrected chi connectivity index (χ0v) is 15.7. The van der Waals surface area contributed by atoms with Crippen LogP contribution in [-0.2, 0) is 18.3 Å². The van der Waals surface area contributed by atoms with Gasteiger partial charge in [-0.1, -0.05) is 43.7 Å². The molecule has 1 fully saturated rings. The number of benzene rings is 2. The molecule has 3 unspecified atom stereocenters. The number of hydrogen-bond donors (Lipinski definition) is 2. The summed E-state index contributed by atoms with van der Waals surface area (Å²) in [7, 11) is 0. The molecule has 137 valence electrons. The molecule has 3 atom stereocenters. The molecule has 0 aromatic heterocycles. The van der Waals surface area contributed by atoms with Crippen molar-refractivity contribution in [1.29, 1.82) is 0 Å². The maximum atomic E-state index is 11.1. The van der Waals surface area contributed by atoms with E-state index < -0.39 is 5.60 Å². The Morgan fingerprint density at radius 1 is 1.23 bits per heavy atom. The molecule has 2 aliphatic carbocycles. The molecule has 0 heterocycles. The average Bonchev–Trinajstić information content (AvgIpc) is 2.63. The van der Waals surface area contributed by atoms with E-state index in [-0.39, 0.29) is 5.41 Å². The van der Waals surface area contributed by atoms with Crippen molar-refractivity contribution in [2.45, 2.75) is 69.3 Å². The van der Waals surface area contributed by atoms with Crippen molar-refractivity contribution < 1.29 is 10.2 Å². The maximum absolute atomic E-state index is 11.1. The predicted molar refractivity (Wildman–Crippen MR) is 104 cm³/mol. The Kier molecular flexibility index (Phi) is 4.56. The normalized spacial score (nSPS) is 30.5. The van der Waals surface area contributed by atoms with Gasteiger partial charge >= 0.3 is 0 Å². The van der Waals surface area contributed by atoms with E-state index in [0.717, 1.165) is 51.4 Å². The lowest BCUT2D eigenvalue weighted by Gasteiger charge is -2.53. The van der Waals surface area contributed by atoms with Crippen LogP contribution in [0.3, 0.4) is 0 Å². The van der Waals surface area contributed by atoms with Gasteiger partial charge in [0.2, 0.25) is 0 Å². The van der Waals surface area contributed by atoms with Gasteiger partial charge in [-0.2, -0.15) is 0 Å². The second kappa shape index (κ2) is 6.74. The van der Waals surface area contributed by atoms with Crippen molar-refractivity contribution in [3.63, 3.8) is 0 Å². The molecule has 2 aromatic carbocycles. The summed E-state index contributed by atoms with van der Waals surface area (Å²) in [4.78, 5) is 0. The van der Waals surface area contributed by atoms with E-state index in [9.17, 15) is 10.2 Å². The monoisotopic (exact) mass is 349 g/mol. The first-order valence-electron chi connectivity index (χ1n) is 10.0. The number of rotatable bonds is 4. The molecule has 4 rings (SSSR count). The average molecular weight is 349 g/mol. The van der Waals surface area contributed by atoms with Crippen molar-refractivity contribution in [2.75, 3.05) is 0 Å². The first-order valence-corrected chi connectivity index (χ1v) is 10.0. The van der Waals surface area contributed by atoms with Gasteiger partial charge in [-0.3, -0.25) is 0 Å².